The summed E-state index contributed by atoms with van der Waals surface area (Å²) in [6, 6.07) is 14.3. The average Bonchev–Trinajstić information content (AvgIpc) is 3.01. The van der Waals surface area contributed by atoms with Gasteiger partial charge in [-0.3, -0.25) is 9.59 Å². The van der Waals surface area contributed by atoms with Crippen molar-refractivity contribution >= 4 is 17.4 Å². The second-order valence-corrected chi connectivity index (χ2v) is 8.92. The SMILES string of the molecule is CCCCN1C(=O)C(=O)/C(=C(/O)c2cc(C(C)(C)C)ccc2OC)C1c1ccccc1. The van der Waals surface area contributed by atoms with Gasteiger partial charge in [0.25, 0.3) is 11.7 Å². The highest BCUT2D eigenvalue weighted by molar-refractivity contribution is 6.46. The number of aliphatic hydroxyl groups is 1. The van der Waals surface area contributed by atoms with Gasteiger partial charge in [-0.15, -0.1) is 0 Å². The molecule has 5 nitrogen and oxygen atoms in total. The maximum atomic E-state index is 13.1. The number of unbranched alkanes of at least 4 members (excludes halogenated alkanes) is 1. The molecule has 5 heteroatoms. The molecule has 3 rings (SSSR count). The molecule has 1 heterocycles. The minimum Gasteiger partial charge on any atom is -0.507 e. The van der Waals surface area contributed by atoms with Gasteiger partial charge in [0.2, 0.25) is 0 Å². The third-order valence-electron chi connectivity index (χ3n) is 5.73. The van der Waals surface area contributed by atoms with E-state index in [0.717, 1.165) is 24.0 Å². The van der Waals surface area contributed by atoms with Gasteiger partial charge in [0.15, 0.2) is 0 Å². The number of methoxy groups -OCH3 is 1. The molecule has 0 aliphatic carbocycles. The topological polar surface area (TPSA) is 66.8 Å². The number of carbonyl (C=O) groups excluding carboxylic acids is 2. The highest BCUT2D eigenvalue weighted by Crippen LogP contribution is 2.41. The first-order chi connectivity index (χ1) is 14.7. The van der Waals surface area contributed by atoms with Crippen molar-refractivity contribution in [3.05, 3.63) is 70.8 Å². The van der Waals surface area contributed by atoms with Crippen molar-refractivity contribution in [1.29, 1.82) is 0 Å². The van der Waals surface area contributed by atoms with Crippen LogP contribution < -0.4 is 4.74 Å². The first kappa shape index (κ1) is 22.6. The number of ether oxygens (including phenoxy) is 1. The predicted octanol–water partition coefficient (Wildman–Crippen LogP) is 5.21. The van der Waals surface area contributed by atoms with Gasteiger partial charge in [0, 0.05) is 6.54 Å². The lowest BCUT2D eigenvalue weighted by Crippen LogP contribution is -2.30. The van der Waals surface area contributed by atoms with Crippen molar-refractivity contribution in [2.24, 2.45) is 0 Å². The lowest BCUT2D eigenvalue weighted by Gasteiger charge is -2.25. The van der Waals surface area contributed by atoms with Gasteiger partial charge in [0.1, 0.15) is 11.5 Å². The summed E-state index contributed by atoms with van der Waals surface area (Å²) in [6.45, 7) is 8.72. The van der Waals surface area contributed by atoms with E-state index in [1.54, 1.807) is 11.0 Å². The first-order valence-corrected chi connectivity index (χ1v) is 10.7. The molecule has 164 valence electrons. The molecular weight excluding hydrogens is 390 g/mol. The van der Waals surface area contributed by atoms with E-state index in [4.69, 9.17) is 4.74 Å². The van der Waals surface area contributed by atoms with Crippen molar-refractivity contribution in [2.45, 2.75) is 52.0 Å². The Kier molecular flexibility index (Phi) is 6.54. The fraction of sp³-hybridized carbons (Fsp3) is 0.385. The van der Waals surface area contributed by atoms with Crippen molar-refractivity contribution in [3.8, 4) is 5.75 Å². The van der Waals surface area contributed by atoms with Crippen LogP contribution in [0.3, 0.4) is 0 Å². The van der Waals surface area contributed by atoms with Crippen LogP contribution in [0.25, 0.3) is 5.76 Å². The Bertz CT molecular complexity index is 1000. The summed E-state index contributed by atoms with van der Waals surface area (Å²) >= 11 is 0. The van der Waals surface area contributed by atoms with Crippen LogP contribution in [0.5, 0.6) is 5.75 Å². The minimum absolute atomic E-state index is 0.108. The summed E-state index contributed by atoms with van der Waals surface area (Å²) in [5.74, 6) is -0.980. The Labute approximate surface area is 184 Å². The van der Waals surface area contributed by atoms with Gasteiger partial charge in [-0.25, -0.2) is 0 Å². The van der Waals surface area contributed by atoms with Gasteiger partial charge in [0.05, 0.1) is 24.3 Å². The van der Waals surface area contributed by atoms with E-state index in [-0.39, 0.29) is 16.7 Å². The molecule has 1 fully saturated rings. The van der Waals surface area contributed by atoms with E-state index < -0.39 is 17.7 Å². The lowest BCUT2D eigenvalue weighted by atomic mass is 9.85. The fourth-order valence-electron chi connectivity index (χ4n) is 3.93. The molecule has 0 aromatic heterocycles. The minimum atomic E-state index is -0.661. The Hall–Kier alpha value is -3.08. The van der Waals surface area contributed by atoms with Gasteiger partial charge < -0.3 is 14.7 Å². The number of nitrogens with zero attached hydrogens (tertiary/aromatic N) is 1. The van der Waals surface area contributed by atoms with E-state index in [0.29, 0.717) is 17.9 Å². The first-order valence-electron chi connectivity index (χ1n) is 10.7. The number of rotatable bonds is 6. The fourth-order valence-corrected chi connectivity index (χ4v) is 3.93. The van der Waals surface area contributed by atoms with E-state index in [2.05, 4.69) is 20.8 Å². The van der Waals surface area contributed by atoms with Gasteiger partial charge in [-0.05, 0) is 35.1 Å². The van der Waals surface area contributed by atoms with Crippen molar-refractivity contribution < 1.29 is 19.4 Å². The maximum Gasteiger partial charge on any atom is 0.295 e. The molecular formula is C26H31NO4. The molecule has 0 bridgehead atoms. The number of carbonyl (C=O) groups is 2. The molecule has 1 N–H and O–H groups in total. The molecule has 0 saturated carbocycles. The Morgan fingerprint density at radius 1 is 1.10 bits per heavy atom. The standard InChI is InChI=1S/C26H31NO4/c1-6-7-15-27-22(17-11-9-8-10-12-17)21(24(29)25(27)30)23(28)19-16-18(26(2,3)4)13-14-20(19)31-5/h8-14,16,22,28H,6-7,15H2,1-5H3/b23-21+. The predicted molar refractivity (Wildman–Crippen MR) is 122 cm³/mol. The van der Waals surface area contributed by atoms with Crippen molar-refractivity contribution in [1.82, 2.24) is 4.90 Å². The summed E-state index contributed by atoms with van der Waals surface area (Å²) in [7, 11) is 1.53. The summed E-state index contributed by atoms with van der Waals surface area (Å²) in [6.07, 6.45) is 1.67. The lowest BCUT2D eigenvalue weighted by molar-refractivity contribution is -0.139. The molecule has 1 atom stereocenters. The van der Waals surface area contributed by atoms with Crippen LogP contribution in [0.15, 0.2) is 54.1 Å². The molecule has 31 heavy (non-hydrogen) atoms. The van der Waals surface area contributed by atoms with Gasteiger partial charge in [-0.1, -0.05) is 70.5 Å². The Morgan fingerprint density at radius 3 is 2.35 bits per heavy atom. The van der Waals surface area contributed by atoms with Crippen LogP contribution in [0, 0.1) is 0 Å². The maximum absolute atomic E-state index is 13.1. The van der Waals surface area contributed by atoms with E-state index in [1.807, 2.05) is 49.4 Å². The van der Waals surface area contributed by atoms with E-state index >= 15 is 0 Å². The highest BCUT2D eigenvalue weighted by atomic mass is 16.5. The van der Waals surface area contributed by atoms with Crippen molar-refractivity contribution in [2.75, 3.05) is 13.7 Å². The number of benzene rings is 2. The summed E-state index contributed by atoms with van der Waals surface area (Å²) in [5.41, 5.74) is 2.16. The molecule has 0 radical (unpaired) electrons. The van der Waals surface area contributed by atoms with Crippen LogP contribution in [-0.4, -0.2) is 35.4 Å². The second kappa shape index (κ2) is 8.96. The Balaban J connectivity index is 2.24. The number of Topliss-reactive ketones (excluding diaryl/α,β-unsaturated/α-hetero) is 1. The largest absolute Gasteiger partial charge is 0.507 e. The van der Waals surface area contributed by atoms with Crippen LogP contribution in [-0.2, 0) is 15.0 Å². The van der Waals surface area contributed by atoms with Gasteiger partial charge >= 0.3 is 0 Å². The zero-order valence-corrected chi connectivity index (χ0v) is 18.9. The third-order valence-corrected chi connectivity index (χ3v) is 5.73. The zero-order valence-electron chi connectivity index (χ0n) is 18.9. The second-order valence-electron chi connectivity index (χ2n) is 8.92. The number of aliphatic hydroxyl groups excluding tert-OH is 1. The third kappa shape index (κ3) is 4.36. The van der Waals surface area contributed by atoms with Crippen LogP contribution in [0.2, 0.25) is 0 Å². The molecule has 0 spiro atoms. The molecule has 1 amide bonds. The van der Waals surface area contributed by atoms with Gasteiger partial charge in [-0.2, -0.15) is 0 Å². The van der Waals surface area contributed by atoms with Crippen molar-refractivity contribution in [3.63, 3.8) is 0 Å². The Morgan fingerprint density at radius 2 is 1.77 bits per heavy atom. The summed E-state index contributed by atoms with van der Waals surface area (Å²) < 4.78 is 5.48. The van der Waals surface area contributed by atoms with E-state index in [1.165, 1.54) is 7.11 Å². The smallest absolute Gasteiger partial charge is 0.295 e. The number of hydrogen-bond acceptors (Lipinski definition) is 4. The highest BCUT2D eigenvalue weighted by Gasteiger charge is 2.46. The van der Waals surface area contributed by atoms with Crippen LogP contribution >= 0.6 is 0 Å². The molecule has 2 aromatic rings. The van der Waals surface area contributed by atoms with Crippen LogP contribution in [0.1, 0.15) is 63.3 Å². The monoisotopic (exact) mass is 421 g/mol. The van der Waals surface area contributed by atoms with Crippen LogP contribution in [0.4, 0.5) is 0 Å². The summed E-state index contributed by atoms with van der Waals surface area (Å²) in [4.78, 5) is 27.6. The zero-order chi connectivity index (χ0) is 22.8. The summed E-state index contributed by atoms with van der Waals surface area (Å²) in [5, 5.41) is 11.4. The normalized spacial score (nSPS) is 18.5. The quantitative estimate of drug-likeness (QED) is 0.395. The molecule has 2 aromatic carbocycles. The molecule has 1 saturated heterocycles. The molecule has 1 aliphatic heterocycles. The number of amides is 1. The molecule has 1 unspecified atom stereocenters. The van der Waals surface area contributed by atoms with E-state index in [9.17, 15) is 14.7 Å². The average molecular weight is 422 g/mol. The number of hydrogen-bond donors (Lipinski definition) is 1. The number of likely N-dealkylation sites (tertiary alicyclic amines) is 1. The number of ketones is 1. The molecule has 1 aliphatic rings.